The Morgan fingerprint density at radius 3 is 2.59 bits per heavy atom. The quantitative estimate of drug-likeness (QED) is 0.871. The average molecular weight is 364 g/mol. The van der Waals surface area contributed by atoms with Crippen molar-refractivity contribution in [1.82, 2.24) is 14.8 Å². The maximum absolute atomic E-state index is 12.0. The summed E-state index contributed by atoms with van der Waals surface area (Å²) in [6.45, 7) is 0. The summed E-state index contributed by atoms with van der Waals surface area (Å²) in [5, 5.41) is 6.90. The molecule has 0 radical (unpaired) electrons. The first kappa shape index (κ1) is 15.5. The highest BCUT2D eigenvalue weighted by Gasteiger charge is 2.20. The Morgan fingerprint density at radius 2 is 1.86 bits per heavy atom. The fourth-order valence-electron chi connectivity index (χ4n) is 3.33. The van der Waals surface area contributed by atoms with Crippen molar-refractivity contribution in [3.63, 3.8) is 0 Å². The Labute approximate surface area is 139 Å². The molecule has 1 N–H and O–H groups in total. The fourth-order valence-corrected chi connectivity index (χ4v) is 3.60. The molecule has 0 atom stereocenters. The molecule has 1 heterocycles. The van der Waals surface area contributed by atoms with E-state index in [2.05, 4.69) is 50.4 Å². The summed E-state index contributed by atoms with van der Waals surface area (Å²) in [5.41, 5.74) is 1.29. The second kappa shape index (κ2) is 7.27. The maximum atomic E-state index is 12.0. The SMILES string of the molecule is O=c1[nH]nc(CCCc2ccc(Br)cc2)n1C1CCCCC1. The largest absolute Gasteiger partial charge is 0.343 e. The van der Waals surface area contributed by atoms with Crippen LogP contribution < -0.4 is 5.69 Å². The van der Waals surface area contributed by atoms with Crippen LogP contribution in [0.15, 0.2) is 33.5 Å². The zero-order valence-electron chi connectivity index (χ0n) is 12.7. The third kappa shape index (κ3) is 3.69. The van der Waals surface area contributed by atoms with Crippen LogP contribution in [0.4, 0.5) is 0 Å². The highest BCUT2D eigenvalue weighted by atomic mass is 79.9. The number of hydrogen-bond acceptors (Lipinski definition) is 2. The lowest BCUT2D eigenvalue weighted by atomic mass is 9.95. The van der Waals surface area contributed by atoms with E-state index >= 15 is 0 Å². The van der Waals surface area contributed by atoms with Crippen molar-refractivity contribution in [2.45, 2.75) is 57.4 Å². The number of aromatic amines is 1. The molecule has 1 aliphatic rings. The normalized spacial score (nSPS) is 16.0. The number of aryl methyl sites for hydroxylation is 2. The zero-order valence-corrected chi connectivity index (χ0v) is 14.3. The molecule has 0 amide bonds. The van der Waals surface area contributed by atoms with Crippen LogP contribution in [0.5, 0.6) is 0 Å². The van der Waals surface area contributed by atoms with Crippen molar-refractivity contribution in [3.05, 3.63) is 50.6 Å². The summed E-state index contributed by atoms with van der Waals surface area (Å²) >= 11 is 3.45. The highest BCUT2D eigenvalue weighted by molar-refractivity contribution is 9.10. The molecular weight excluding hydrogens is 342 g/mol. The first-order valence-electron chi connectivity index (χ1n) is 8.14. The Balaban J connectivity index is 1.63. The molecule has 0 aliphatic heterocycles. The summed E-state index contributed by atoms with van der Waals surface area (Å²) in [7, 11) is 0. The molecule has 1 aromatic carbocycles. The third-order valence-electron chi connectivity index (χ3n) is 4.50. The lowest BCUT2D eigenvalue weighted by molar-refractivity contribution is 0.338. The van der Waals surface area contributed by atoms with Crippen molar-refractivity contribution in [2.24, 2.45) is 0 Å². The van der Waals surface area contributed by atoms with E-state index < -0.39 is 0 Å². The van der Waals surface area contributed by atoms with Crippen LogP contribution in [0.2, 0.25) is 0 Å². The van der Waals surface area contributed by atoms with E-state index in [1.54, 1.807) is 0 Å². The summed E-state index contributed by atoms with van der Waals surface area (Å²) in [4.78, 5) is 12.0. The van der Waals surface area contributed by atoms with Crippen molar-refractivity contribution in [1.29, 1.82) is 0 Å². The number of aromatic nitrogens is 3. The minimum Gasteiger partial charge on any atom is -0.276 e. The molecule has 22 heavy (non-hydrogen) atoms. The van der Waals surface area contributed by atoms with E-state index in [4.69, 9.17) is 0 Å². The summed E-state index contributed by atoms with van der Waals surface area (Å²) in [6.07, 6.45) is 8.84. The maximum Gasteiger partial charge on any atom is 0.343 e. The van der Waals surface area contributed by atoms with Crippen LogP contribution in [-0.4, -0.2) is 14.8 Å². The molecule has 0 saturated heterocycles. The first-order chi connectivity index (χ1) is 10.7. The van der Waals surface area contributed by atoms with Gasteiger partial charge in [-0.3, -0.25) is 4.57 Å². The number of halogens is 1. The molecule has 1 fully saturated rings. The molecule has 1 aliphatic carbocycles. The lowest BCUT2D eigenvalue weighted by Gasteiger charge is -2.23. The smallest absolute Gasteiger partial charge is 0.276 e. The summed E-state index contributed by atoms with van der Waals surface area (Å²) in [6, 6.07) is 8.78. The predicted molar refractivity (Wildman–Crippen MR) is 91.1 cm³/mol. The topological polar surface area (TPSA) is 50.7 Å². The minimum atomic E-state index is -0.0365. The standard InChI is InChI=1S/C17H22BrN3O/c18-14-11-9-13(10-12-14)5-4-8-16-19-20-17(22)21(16)15-6-2-1-3-7-15/h9-12,15H,1-8H2,(H,20,22). The molecule has 0 unspecified atom stereocenters. The molecule has 0 bridgehead atoms. The molecule has 4 nitrogen and oxygen atoms in total. The summed E-state index contributed by atoms with van der Waals surface area (Å²) in [5.74, 6) is 0.925. The van der Waals surface area contributed by atoms with E-state index in [1.165, 1.54) is 24.8 Å². The van der Waals surface area contributed by atoms with Gasteiger partial charge in [0.15, 0.2) is 0 Å². The van der Waals surface area contributed by atoms with E-state index in [0.717, 1.165) is 42.4 Å². The van der Waals surface area contributed by atoms with Crippen molar-refractivity contribution >= 4 is 15.9 Å². The lowest BCUT2D eigenvalue weighted by Crippen LogP contribution is -2.26. The summed E-state index contributed by atoms with van der Waals surface area (Å²) < 4.78 is 3.02. The van der Waals surface area contributed by atoms with Gasteiger partial charge in [0, 0.05) is 16.9 Å². The van der Waals surface area contributed by atoms with Gasteiger partial charge in [-0.25, -0.2) is 9.89 Å². The van der Waals surface area contributed by atoms with Gasteiger partial charge in [-0.1, -0.05) is 47.3 Å². The monoisotopic (exact) mass is 363 g/mol. The van der Waals surface area contributed by atoms with Gasteiger partial charge in [0.1, 0.15) is 5.82 Å². The Bertz CT molecular complexity index is 653. The van der Waals surface area contributed by atoms with Gasteiger partial charge >= 0.3 is 5.69 Å². The number of hydrogen-bond donors (Lipinski definition) is 1. The van der Waals surface area contributed by atoms with Crippen LogP contribution in [0.3, 0.4) is 0 Å². The number of benzene rings is 1. The van der Waals surface area contributed by atoms with E-state index in [0.29, 0.717) is 6.04 Å². The fraction of sp³-hybridized carbons (Fsp3) is 0.529. The minimum absolute atomic E-state index is 0.0365. The zero-order chi connectivity index (χ0) is 15.4. The number of nitrogens with one attached hydrogen (secondary N) is 1. The number of nitrogens with zero attached hydrogens (tertiary/aromatic N) is 2. The second-order valence-corrected chi connectivity index (χ2v) is 7.00. The van der Waals surface area contributed by atoms with E-state index in [-0.39, 0.29) is 5.69 Å². The van der Waals surface area contributed by atoms with Crippen LogP contribution in [0.25, 0.3) is 0 Å². The van der Waals surface area contributed by atoms with E-state index in [1.807, 2.05) is 4.57 Å². The Morgan fingerprint density at radius 1 is 1.14 bits per heavy atom. The predicted octanol–water partition coefficient (Wildman–Crippen LogP) is 4.01. The van der Waals surface area contributed by atoms with Crippen LogP contribution >= 0.6 is 15.9 Å². The number of rotatable bonds is 5. The van der Waals surface area contributed by atoms with Crippen LogP contribution in [-0.2, 0) is 12.8 Å². The molecule has 1 aromatic heterocycles. The molecule has 118 valence electrons. The van der Waals surface area contributed by atoms with Gasteiger partial charge in [-0.2, -0.15) is 5.10 Å². The van der Waals surface area contributed by atoms with E-state index in [9.17, 15) is 4.79 Å². The third-order valence-corrected chi connectivity index (χ3v) is 5.03. The van der Waals surface area contributed by atoms with Gasteiger partial charge in [0.05, 0.1) is 0 Å². The van der Waals surface area contributed by atoms with Gasteiger partial charge in [-0.05, 0) is 43.4 Å². The van der Waals surface area contributed by atoms with Crippen molar-refractivity contribution < 1.29 is 0 Å². The molecule has 5 heteroatoms. The van der Waals surface area contributed by atoms with Gasteiger partial charge in [-0.15, -0.1) is 0 Å². The highest BCUT2D eigenvalue weighted by Crippen LogP contribution is 2.27. The number of H-pyrrole nitrogens is 1. The Hall–Kier alpha value is -1.36. The second-order valence-electron chi connectivity index (χ2n) is 6.09. The molecule has 1 saturated carbocycles. The molecule has 0 spiro atoms. The van der Waals surface area contributed by atoms with Gasteiger partial charge < -0.3 is 0 Å². The van der Waals surface area contributed by atoms with Crippen molar-refractivity contribution in [3.8, 4) is 0 Å². The average Bonchev–Trinajstić information content (AvgIpc) is 2.91. The first-order valence-corrected chi connectivity index (χ1v) is 8.93. The molecule has 3 rings (SSSR count). The Kier molecular flexibility index (Phi) is 5.13. The van der Waals surface area contributed by atoms with Gasteiger partial charge in [0.25, 0.3) is 0 Å². The molecule has 2 aromatic rings. The molecular formula is C17H22BrN3O. The van der Waals surface area contributed by atoms with Crippen LogP contribution in [0.1, 0.15) is 56.0 Å². The van der Waals surface area contributed by atoms with Crippen molar-refractivity contribution in [2.75, 3.05) is 0 Å². The van der Waals surface area contributed by atoms with Crippen LogP contribution in [0, 0.1) is 0 Å². The van der Waals surface area contributed by atoms with Gasteiger partial charge in [0.2, 0.25) is 0 Å².